The molecule has 1 aliphatic carbocycles. The van der Waals surface area contributed by atoms with Crippen molar-refractivity contribution in [3.63, 3.8) is 0 Å². The van der Waals surface area contributed by atoms with Crippen LogP contribution in [0, 0.1) is 5.92 Å². The molecular formula is C15H20ClNO2. The summed E-state index contributed by atoms with van der Waals surface area (Å²) < 4.78 is 5.00. The number of anilines is 1. The van der Waals surface area contributed by atoms with Gasteiger partial charge in [0.15, 0.2) is 0 Å². The first-order valence-corrected chi connectivity index (χ1v) is 7.06. The number of hydrogen-bond acceptors (Lipinski definition) is 3. The van der Waals surface area contributed by atoms with Crippen LogP contribution in [0.25, 0.3) is 0 Å². The van der Waals surface area contributed by atoms with E-state index in [1.165, 1.54) is 7.11 Å². The van der Waals surface area contributed by atoms with Gasteiger partial charge in [-0.3, -0.25) is 0 Å². The molecule has 0 bridgehead atoms. The number of carbonyl (C=O) groups excluding carboxylic acids is 1. The average Bonchev–Trinajstić information content (AvgIpc) is 2.43. The first kappa shape index (κ1) is 14.2. The zero-order valence-corrected chi connectivity index (χ0v) is 12.2. The fourth-order valence-corrected chi connectivity index (χ4v) is 2.77. The van der Waals surface area contributed by atoms with Gasteiger partial charge in [-0.05, 0) is 55.9 Å². The fraction of sp³-hybridized carbons (Fsp3) is 0.533. The van der Waals surface area contributed by atoms with E-state index in [4.69, 9.17) is 16.3 Å². The van der Waals surface area contributed by atoms with E-state index in [1.54, 1.807) is 0 Å². The average molecular weight is 282 g/mol. The molecule has 1 aromatic rings. The lowest BCUT2D eigenvalue weighted by Gasteiger charge is -2.38. The van der Waals surface area contributed by atoms with Crippen molar-refractivity contribution in [3.05, 3.63) is 29.3 Å². The molecule has 4 heteroatoms. The Labute approximate surface area is 119 Å². The fourth-order valence-electron chi connectivity index (χ4n) is 2.64. The molecule has 0 spiro atoms. The molecule has 1 N–H and O–H groups in total. The Hall–Kier alpha value is -1.22. The van der Waals surface area contributed by atoms with Crippen molar-refractivity contribution in [2.45, 2.75) is 38.1 Å². The Kier molecular flexibility index (Phi) is 4.35. The van der Waals surface area contributed by atoms with Crippen molar-refractivity contribution in [3.8, 4) is 0 Å². The van der Waals surface area contributed by atoms with E-state index in [0.29, 0.717) is 10.9 Å². The van der Waals surface area contributed by atoms with Crippen LogP contribution in [0.5, 0.6) is 0 Å². The topological polar surface area (TPSA) is 38.3 Å². The highest BCUT2D eigenvalue weighted by molar-refractivity contribution is 6.30. The Morgan fingerprint density at radius 1 is 1.32 bits per heavy atom. The quantitative estimate of drug-likeness (QED) is 0.855. The predicted molar refractivity (Wildman–Crippen MR) is 77.5 cm³/mol. The Morgan fingerprint density at radius 3 is 2.42 bits per heavy atom. The van der Waals surface area contributed by atoms with E-state index in [0.717, 1.165) is 31.4 Å². The third-order valence-corrected chi connectivity index (χ3v) is 4.18. The Balaban J connectivity index is 2.18. The number of nitrogens with one attached hydrogen (secondary N) is 1. The van der Waals surface area contributed by atoms with Crippen LogP contribution in [0.3, 0.4) is 0 Å². The van der Waals surface area contributed by atoms with E-state index < -0.39 is 5.54 Å². The van der Waals surface area contributed by atoms with Crippen molar-refractivity contribution in [1.29, 1.82) is 0 Å². The summed E-state index contributed by atoms with van der Waals surface area (Å²) in [4.78, 5) is 12.2. The summed E-state index contributed by atoms with van der Waals surface area (Å²) in [5.74, 6) is 0.499. The lowest BCUT2D eigenvalue weighted by molar-refractivity contribution is -0.147. The first-order valence-electron chi connectivity index (χ1n) is 6.68. The van der Waals surface area contributed by atoms with Gasteiger partial charge in [0, 0.05) is 10.7 Å². The van der Waals surface area contributed by atoms with Crippen molar-refractivity contribution >= 4 is 23.3 Å². The number of rotatable bonds is 3. The summed E-state index contributed by atoms with van der Waals surface area (Å²) in [6, 6.07) is 7.43. The molecule has 2 rings (SSSR count). The molecule has 1 aromatic carbocycles. The summed E-state index contributed by atoms with van der Waals surface area (Å²) in [6.07, 6.45) is 3.69. The molecule has 1 aliphatic rings. The molecule has 104 valence electrons. The molecule has 0 amide bonds. The number of benzene rings is 1. The van der Waals surface area contributed by atoms with Crippen molar-refractivity contribution in [2.24, 2.45) is 5.92 Å². The van der Waals surface area contributed by atoms with Gasteiger partial charge in [-0.15, -0.1) is 0 Å². The number of carbonyl (C=O) groups is 1. The molecule has 0 heterocycles. The smallest absolute Gasteiger partial charge is 0.331 e. The van der Waals surface area contributed by atoms with Crippen LogP contribution in [-0.2, 0) is 9.53 Å². The molecule has 19 heavy (non-hydrogen) atoms. The van der Waals surface area contributed by atoms with Gasteiger partial charge in [0.1, 0.15) is 5.54 Å². The molecule has 0 aliphatic heterocycles. The van der Waals surface area contributed by atoms with Gasteiger partial charge in [0.25, 0.3) is 0 Å². The molecule has 1 fully saturated rings. The van der Waals surface area contributed by atoms with Crippen LogP contribution < -0.4 is 5.32 Å². The molecule has 0 radical (unpaired) electrons. The van der Waals surface area contributed by atoms with Crippen LogP contribution in [0.15, 0.2) is 24.3 Å². The lowest BCUT2D eigenvalue weighted by atomic mass is 9.77. The highest BCUT2D eigenvalue weighted by atomic mass is 35.5. The van der Waals surface area contributed by atoms with Gasteiger partial charge in [-0.1, -0.05) is 18.5 Å². The summed E-state index contributed by atoms with van der Waals surface area (Å²) in [7, 11) is 1.45. The number of halogens is 1. The van der Waals surface area contributed by atoms with Gasteiger partial charge in [0.2, 0.25) is 0 Å². The summed E-state index contributed by atoms with van der Waals surface area (Å²) in [5.41, 5.74) is 0.319. The van der Waals surface area contributed by atoms with E-state index in [9.17, 15) is 4.79 Å². The first-order chi connectivity index (χ1) is 9.05. The number of esters is 1. The number of ether oxygens (including phenoxy) is 1. The van der Waals surface area contributed by atoms with Crippen LogP contribution in [0.2, 0.25) is 5.02 Å². The number of hydrogen-bond donors (Lipinski definition) is 1. The predicted octanol–water partition coefficient (Wildman–Crippen LogP) is 3.87. The van der Waals surface area contributed by atoms with E-state index >= 15 is 0 Å². The lowest BCUT2D eigenvalue weighted by Crippen LogP contribution is -2.49. The minimum absolute atomic E-state index is 0.172. The van der Waals surface area contributed by atoms with Crippen molar-refractivity contribution < 1.29 is 9.53 Å². The maximum absolute atomic E-state index is 12.2. The highest BCUT2D eigenvalue weighted by Gasteiger charge is 2.42. The minimum Gasteiger partial charge on any atom is -0.467 e. The maximum Gasteiger partial charge on any atom is 0.331 e. The molecule has 0 unspecified atom stereocenters. The second kappa shape index (κ2) is 5.83. The van der Waals surface area contributed by atoms with Crippen molar-refractivity contribution in [1.82, 2.24) is 0 Å². The van der Waals surface area contributed by atoms with E-state index in [1.807, 2.05) is 24.3 Å². The zero-order valence-electron chi connectivity index (χ0n) is 11.4. The summed E-state index contributed by atoms with van der Waals surface area (Å²) in [6.45, 7) is 2.23. The SMILES string of the molecule is COC(=O)C1(Nc2ccc(Cl)cc2)CCC(C)CC1. The summed E-state index contributed by atoms with van der Waals surface area (Å²) in [5, 5.41) is 4.05. The highest BCUT2D eigenvalue weighted by Crippen LogP contribution is 2.35. The van der Waals surface area contributed by atoms with Gasteiger partial charge in [-0.2, -0.15) is 0 Å². The third kappa shape index (κ3) is 3.21. The number of methoxy groups -OCH3 is 1. The third-order valence-electron chi connectivity index (χ3n) is 3.93. The molecule has 3 nitrogen and oxygen atoms in total. The van der Waals surface area contributed by atoms with Gasteiger partial charge in [0.05, 0.1) is 7.11 Å². The Morgan fingerprint density at radius 2 is 1.89 bits per heavy atom. The minimum atomic E-state index is -0.588. The van der Waals surface area contributed by atoms with Gasteiger partial charge < -0.3 is 10.1 Å². The zero-order chi connectivity index (χ0) is 13.9. The van der Waals surface area contributed by atoms with Crippen LogP contribution in [0.4, 0.5) is 5.69 Å². The molecular weight excluding hydrogens is 262 g/mol. The normalized spacial score (nSPS) is 26.8. The van der Waals surface area contributed by atoms with Crippen LogP contribution in [0.1, 0.15) is 32.6 Å². The standard InChI is InChI=1S/C15H20ClNO2/c1-11-7-9-15(10-8-11,14(18)19-2)17-13-5-3-12(16)4-6-13/h3-6,11,17H,7-10H2,1-2H3. The Bertz CT molecular complexity index is 436. The van der Waals surface area contributed by atoms with E-state index in [2.05, 4.69) is 12.2 Å². The molecule has 0 atom stereocenters. The van der Waals surface area contributed by atoms with Crippen LogP contribution >= 0.6 is 11.6 Å². The second-order valence-electron chi connectivity index (χ2n) is 5.39. The monoisotopic (exact) mass is 281 g/mol. The van der Waals surface area contributed by atoms with Gasteiger partial charge in [-0.25, -0.2) is 4.79 Å². The molecule has 0 aromatic heterocycles. The van der Waals surface area contributed by atoms with Crippen LogP contribution in [-0.4, -0.2) is 18.6 Å². The van der Waals surface area contributed by atoms with Gasteiger partial charge >= 0.3 is 5.97 Å². The second-order valence-corrected chi connectivity index (χ2v) is 5.82. The van der Waals surface area contributed by atoms with E-state index in [-0.39, 0.29) is 5.97 Å². The largest absolute Gasteiger partial charge is 0.467 e. The summed E-state index contributed by atoms with van der Waals surface area (Å²) >= 11 is 5.88. The molecule has 1 saturated carbocycles. The van der Waals surface area contributed by atoms with Crippen molar-refractivity contribution in [2.75, 3.05) is 12.4 Å². The molecule has 0 saturated heterocycles. The maximum atomic E-state index is 12.2.